The molecule has 1 aromatic carbocycles. The quantitative estimate of drug-likeness (QED) is 0.839. The normalized spacial score (nSPS) is 20.7. The van der Waals surface area contributed by atoms with Crippen molar-refractivity contribution in [1.82, 2.24) is 0 Å². The molecule has 0 amide bonds. The summed E-state index contributed by atoms with van der Waals surface area (Å²) in [6.07, 6.45) is 0.729. The van der Waals surface area contributed by atoms with Gasteiger partial charge in [-0.15, -0.1) is 0 Å². The summed E-state index contributed by atoms with van der Waals surface area (Å²) in [5, 5.41) is 0. The first kappa shape index (κ1) is 13.4. The Morgan fingerprint density at radius 2 is 1.89 bits per heavy atom. The van der Waals surface area contributed by atoms with E-state index in [1.54, 1.807) is 20.8 Å². The molecule has 1 heterocycles. The lowest BCUT2D eigenvalue weighted by Crippen LogP contribution is -2.51. The van der Waals surface area contributed by atoms with Gasteiger partial charge in [0.25, 0.3) is 0 Å². The van der Waals surface area contributed by atoms with Crippen molar-refractivity contribution in [3.63, 3.8) is 0 Å². The number of anilines is 1. The van der Waals surface area contributed by atoms with Crippen LogP contribution >= 0.6 is 0 Å². The molecular formula is C13H20N2O2S. The van der Waals surface area contributed by atoms with Crippen LogP contribution in [0.15, 0.2) is 24.3 Å². The summed E-state index contributed by atoms with van der Waals surface area (Å²) >= 11 is 0. The lowest BCUT2D eigenvalue weighted by atomic mass is 10.0. The SMILES string of the molecule is CC(C)(C)S(=O)(=O)N1CC(N)Cc2ccccc21. The largest absolute Gasteiger partial charge is 0.326 e. The molecule has 0 saturated carbocycles. The average Bonchev–Trinajstić information content (AvgIpc) is 2.26. The average molecular weight is 268 g/mol. The summed E-state index contributed by atoms with van der Waals surface area (Å²) in [4.78, 5) is 0. The van der Waals surface area contributed by atoms with Crippen LogP contribution < -0.4 is 10.0 Å². The van der Waals surface area contributed by atoms with Crippen molar-refractivity contribution in [1.29, 1.82) is 0 Å². The summed E-state index contributed by atoms with van der Waals surface area (Å²) in [7, 11) is -3.39. The van der Waals surface area contributed by atoms with Gasteiger partial charge in [-0.25, -0.2) is 8.42 Å². The molecule has 1 aliphatic heterocycles. The number of sulfonamides is 1. The number of para-hydroxylation sites is 1. The van der Waals surface area contributed by atoms with E-state index in [-0.39, 0.29) is 6.04 Å². The van der Waals surface area contributed by atoms with Gasteiger partial charge in [0.15, 0.2) is 0 Å². The van der Waals surface area contributed by atoms with Gasteiger partial charge in [-0.2, -0.15) is 0 Å². The zero-order valence-corrected chi connectivity index (χ0v) is 11.9. The summed E-state index contributed by atoms with van der Waals surface area (Å²) in [5.74, 6) is 0. The molecule has 0 fully saturated rings. The third-order valence-electron chi connectivity index (χ3n) is 3.21. The van der Waals surface area contributed by atoms with E-state index >= 15 is 0 Å². The third-order valence-corrected chi connectivity index (χ3v) is 5.68. The second-order valence-electron chi connectivity index (χ2n) is 5.74. The van der Waals surface area contributed by atoms with Crippen molar-refractivity contribution in [2.24, 2.45) is 5.73 Å². The Balaban J connectivity index is 2.54. The third kappa shape index (κ3) is 2.12. The van der Waals surface area contributed by atoms with E-state index in [2.05, 4.69) is 0 Å². The number of benzene rings is 1. The Bertz CT molecular complexity index is 546. The fourth-order valence-electron chi connectivity index (χ4n) is 2.14. The fourth-order valence-corrected chi connectivity index (χ4v) is 3.63. The van der Waals surface area contributed by atoms with E-state index in [0.29, 0.717) is 6.54 Å². The molecule has 18 heavy (non-hydrogen) atoms. The molecule has 1 atom stereocenters. The number of hydrogen-bond donors (Lipinski definition) is 1. The van der Waals surface area contributed by atoms with Crippen LogP contribution in [0.25, 0.3) is 0 Å². The van der Waals surface area contributed by atoms with Crippen LogP contribution in [0.3, 0.4) is 0 Å². The minimum atomic E-state index is -3.39. The molecule has 2 rings (SSSR count). The van der Waals surface area contributed by atoms with E-state index < -0.39 is 14.8 Å². The highest BCUT2D eigenvalue weighted by Crippen LogP contribution is 2.32. The Hall–Kier alpha value is -1.07. The van der Waals surface area contributed by atoms with Gasteiger partial charge < -0.3 is 5.73 Å². The molecule has 0 radical (unpaired) electrons. The Morgan fingerprint density at radius 1 is 1.28 bits per heavy atom. The lowest BCUT2D eigenvalue weighted by molar-refractivity contribution is 0.543. The molecule has 4 nitrogen and oxygen atoms in total. The fraction of sp³-hybridized carbons (Fsp3) is 0.538. The van der Waals surface area contributed by atoms with Gasteiger partial charge in [0.05, 0.1) is 10.4 Å². The molecule has 0 bridgehead atoms. The number of hydrogen-bond acceptors (Lipinski definition) is 3. The van der Waals surface area contributed by atoms with E-state index in [4.69, 9.17) is 5.73 Å². The predicted octanol–water partition coefficient (Wildman–Crippen LogP) is 1.50. The molecule has 5 heteroatoms. The first-order valence-electron chi connectivity index (χ1n) is 6.09. The first-order valence-corrected chi connectivity index (χ1v) is 7.53. The molecule has 2 N–H and O–H groups in total. The van der Waals surface area contributed by atoms with E-state index in [9.17, 15) is 8.42 Å². The molecule has 1 unspecified atom stereocenters. The maximum absolute atomic E-state index is 12.6. The van der Waals surface area contributed by atoms with Crippen LogP contribution in [0, 0.1) is 0 Å². The molecule has 1 aliphatic rings. The number of fused-ring (bicyclic) bond motifs is 1. The molecule has 0 saturated heterocycles. The van der Waals surface area contributed by atoms with Crippen molar-refractivity contribution in [3.8, 4) is 0 Å². The maximum Gasteiger partial charge on any atom is 0.240 e. The highest BCUT2D eigenvalue weighted by atomic mass is 32.2. The summed E-state index contributed by atoms with van der Waals surface area (Å²) in [6, 6.07) is 7.43. The molecule has 1 aromatic rings. The van der Waals surface area contributed by atoms with Crippen molar-refractivity contribution < 1.29 is 8.42 Å². The minimum Gasteiger partial charge on any atom is -0.326 e. The van der Waals surface area contributed by atoms with Crippen molar-refractivity contribution >= 4 is 15.7 Å². The molecule has 100 valence electrons. The lowest BCUT2D eigenvalue weighted by Gasteiger charge is -2.37. The van der Waals surface area contributed by atoms with Crippen LogP contribution in [0.2, 0.25) is 0 Å². The number of nitrogens with zero attached hydrogens (tertiary/aromatic N) is 1. The molecule has 0 aromatic heterocycles. The zero-order chi connectivity index (χ0) is 13.6. The Morgan fingerprint density at radius 3 is 2.50 bits per heavy atom. The van der Waals surface area contributed by atoms with Gasteiger partial charge >= 0.3 is 0 Å². The van der Waals surface area contributed by atoms with Crippen molar-refractivity contribution in [2.45, 2.75) is 38.0 Å². The monoisotopic (exact) mass is 268 g/mol. The van der Waals surface area contributed by atoms with Crippen LogP contribution in [0.4, 0.5) is 5.69 Å². The van der Waals surface area contributed by atoms with Gasteiger partial charge in [0, 0.05) is 12.6 Å². The van der Waals surface area contributed by atoms with Crippen molar-refractivity contribution in [2.75, 3.05) is 10.8 Å². The van der Waals surface area contributed by atoms with Gasteiger partial charge in [0.1, 0.15) is 0 Å². The molecule has 0 spiro atoms. The van der Waals surface area contributed by atoms with E-state index in [1.165, 1.54) is 4.31 Å². The Kier molecular flexibility index (Phi) is 3.15. The standard InChI is InChI=1S/C13H20N2O2S/c1-13(2,3)18(16,17)15-9-11(14)8-10-6-4-5-7-12(10)15/h4-7,11H,8-9,14H2,1-3H3. The topological polar surface area (TPSA) is 63.4 Å². The molecule has 0 aliphatic carbocycles. The smallest absolute Gasteiger partial charge is 0.240 e. The second-order valence-corrected chi connectivity index (χ2v) is 8.36. The van der Waals surface area contributed by atoms with Gasteiger partial charge in [-0.05, 0) is 38.8 Å². The van der Waals surface area contributed by atoms with Crippen LogP contribution in [0.1, 0.15) is 26.3 Å². The van der Waals surface area contributed by atoms with Gasteiger partial charge in [0.2, 0.25) is 10.0 Å². The number of nitrogens with two attached hydrogens (primary N) is 1. The molecular weight excluding hydrogens is 248 g/mol. The van der Waals surface area contributed by atoms with Gasteiger partial charge in [-0.1, -0.05) is 18.2 Å². The maximum atomic E-state index is 12.6. The van der Waals surface area contributed by atoms with Crippen LogP contribution in [0.5, 0.6) is 0 Å². The van der Waals surface area contributed by atoms with Crippen LogP contribution in [-0.2, 0) is 16.4 Å². The van der Waals surface area contributed by atoms with E-state index in [1.807, 2.05) is 24.3 Å². The highest BCUT2D eigenvalue weighted by molar-refractivity contribution is 7.94. The summed E-state index contributed by atoms with van der Waals surface area (Å²) in [6.45, 7) is 5.50. The van der Waals surface area contributed by atoms with Gasteiger partial charge in [-0.3, -0.25) is 4.31 Å². The Labute approximate surface area is 109 Å². The summed E-state index contributed by atoms with van der Waals surface area (Å²) < 4.78 is 25.8. The predicted molar refractivity (Wildman–Crippen MR) is 74.1 cm³/mol. The highest BCUT2D eigenvalue weighted by Gasteiger charge is 2.38. The minimum absolute atomic E-state index is 0.142. The number of rotatable bonds is 1. The zero-order valence-electron chi connectivity index (χ0n) is 11.1. The van der Waals surface area contributed by atoms with E-state index in [0.717, 1.165) is 17.7 Å². The van der Waals surface area contributed by atoms with Crippen molar-refractivity contribution in [3.05, 3.63) is 29.8 Å². The van der Waals surface area contributed by atoms with Crippen LogP contribution in [-0.4, -0.2) is 25.8 Å². The first-order chi connectivity index (χ1) is 8.23. The second kappa shape index (κ2) is 4.24. The summed E-state index contributed by atoms with van der Waals surface area (Å²) in [5.41, 5.74) is 7.75.